The average molecular weight is 231 g/mol. The Morgan fingerprint density at radius 1 is 1.56 bits per heavy atom. The van der Waals surface area contributed by atoms with Crippen molar-refractivity contribution in [3.05, 3.63) is 29.3 Å². The molecule has 0 fully saturated rings. The second kappa shape index (κ2) is 4.89. The maximum absolute atomic E-state index is 13.3. The van der Waals surface area contributed by atoms with E-state index in [4.69, 9.17) is 15.6 Å². The molecule has 0 spiro atoms. The standard InChI is InChI=1S/C10H11F2NO3/c1-2-16-9-5(8(13)10(14)15)3-4-6(11)7(9)12/h3-4,8H,2,13H2,1H3,(H,14,15). The predicted molar refractivity (Wildman–Crippen MR) is 52.1 cm³/mol. The lowest BCUT2D eigenvalue weighted by Crippen LogP contribution is -2.22. The third-order valence-corrected chi connectivity index (χ3v) is 1.97. The molecular weight excluding hydrogens is 220 g/mol. The minimum atomic E-state index is -1.45. The normalized spacial score (nSPS) is 12.2. The first-order valence-corrected chi connectivity index (χ1v) is 4.58. The summed E-state index contributed by atoms with van der Waals surface area (Å²) in [5.74, 6) is -4.12. The van der Waals surface area contributed by atoms with Crippen LogP contribution in [0.25, 0.3) is 0 Å². The van der Waals surface area contributed by atoms with Crippen LogP contribution in [0.2, 0.25) is 0 Å². The highest BCUT2D eigenvalue weighted by Crippen LogP contribution is 2.29. The van der Waals surface area contributed by atoms with Gasteiger partial charge in [0.05, 0.1) is 6.61 Å². The second-order valence-corrected chi connectivity index (χ2v) is 3.03. The summed E-state index contributed by atoms with van der Waals surface area (Å²) in [5, 5.41) is 8.69. The summed E-state index contributed by atoms with van der Waals surface area (Å²) in [6.45, 7) is 1.65. The van der Waals surface area contributed by atoms with Crippen molar-refractivity contribution in [2.75, 3.05) is 6.61 Å². The van der Waals surface area contributed by atoms with Crippen LogP contribution in [0.4, 0.5) is 8.78 Å². The van der Waals surface area contributed by atoms with E-state index < -0.39 is 29.4 Å². The number of aliphatic carboxylic acids is 1. The van der Waals surface area contributed by atoms with Crippen molar-refractivity contribution >= 4 is 5.97 Å². The van der Waals surface area contributed by atoms with Gasteiger partial charge < -0.3 is 15.6 Å². The van der Waals surface area contributed by atoms with Crippen molar-refractivity contribution in [2.24, 2.45) is 5.73 Å². The molecule has 0 heterocycles. The lowest BCUT2D eigenvalue weighted by Gasteiger charge is -2.14. The number of hydrogen-bond acceptors (Lipinski definition) is 3. The number of carboxylic acids is 1. The molecule has 0 saturated carbocycles. The molecule has 0 aliphatic rings. The van der Waals surface area contributed by atoms with Gasteiger partial charge in [0, 0.05) is 5.56 Å². The van der Waals surface area contributed by atoms with Crippen molar-refractivity contribution in [2.45, 2.75) is 13.0 Å². The molecule has 0 radical (unpaired) electrons. The van der Waals surface area contributed by atoms with Gasteiger partial charge in [-0.25, -0.2) is 4.39 Å². The zero-order chi connectivity index (χ0) is 12.3. The van der Waals surface area contributed by atoms with E-state index in [1.54, 1.807) is 6.92 Å². The molecule has 1 rings (SSSR count). The van der Waals surface area contributed by atoms with Gasteiger partial charge in [-0.3, -0.25) is 4.79 Å². The molecular formula is C10H11F2NO3. The lowest BCUT2D eigenvalue weighted by atomic mass is 10.1. The van der Waals surface area contributed by atoms with Gasteiger partial charge in [0.25, 0.3) is 0 Å². The van der Waals surface area contributed by atoms with E-state index >= 15 is 0 Å². The van der Waals surface area contributed by atoms with Crippen LogP contribution in [-0.4, -0.2) is 17.7 Å². The van der Waals surface area contributed by atoms with Crippen LogP contribution < -0.4 is 10.5 Å². The fourth-order valence-corrected chi connectivity index (χ4v) is 1.22. The maximum Gasteiger partial charge on any atom is 0.325 e. The van der Waals surface area contributed by atoms with Gasteiger partial charge in [-0.05, 0) is 13.0 Å². The molecule has 1 atom stereocenters. The van der Waals surface area contributed by atoms with Gasteiger partial charge in [0.2, 0.25) is 5.82 Å². The number of carboxylic acid groups (broad SMARTS) is 1. The Kier molecular flexibility index (Phi) is 3.78. The lowest BCUT2D eigenvalue weighted by molar-refractivity contribution is -0.138. The highest BCUT2D eigenvalue weighted by molar-refractivity contribution is 5.76. The van der Waals surface area contributed by atoms with Crippen LogP contribution in [-0.2, 0) is 4.79 Å². The van der Waals surface area contributed by atoms with Crippen LogP contribution in [0.15, 0.2) is 12.1 Å². The Balaban J connectivity index is 3.27. The Hall–Kier alpha value is -1.69. The molecule has 16 heavy (non-hydrogen) atoms. The summed E-state index contributed by atoms with van der Waals surface area (Å²) >= 11 is 0. The summed E-state index contributed by atoms with van der Waals surface area (Å²) in [5.41, 5.74) is 5.23. The van der Waals surface area contributed by atoms with Gasteiger partial charge in [-0.15, -0.1) is 0 Å². The Labute approximate surface area is 90.6 Å². The molecule has 0 saturated heterocycles. The third kappa shape index (κ3) is 2.27. The van der Waals surface area contributed by atoms with Gasteiger partial charge in [0.1, 0.15) is 6.04 Å². The smallest absolute Gasteiger partial charge is 0.325 e. The fraction of sp³-hybridized carbons (Fsp3) is 0.300. The number of rotatable bonds is 4. The van der Waals surface area contributed by atoms with E-state index in [0.717, 1.165) is 12.1 Å². The first-order chi connectivity index (χ1) is 7.49. The van der Waals surface area contributed by atoms with E-state index in [1.165, 1.54) is 0 Å². The van der Waals surface area contributed by atoms with Gasteiger partial charge in [-0.1, -0.05) is 6.07 Å². The molecule has 1 aromatic rings. The molecule has 0 aromatic heterocycles. The van der Waals surface area contributed by atoms with E-state index in [-0.39, 0.29) is 12.2 Å². The van der Waals surface area contributed by atoms with Crippen molar-refractivity contribution < 1.29 is 23.4 Å². The monoisotopic (exact) mass is 231 g/mol. The second-order valence-electron chi connectivity index (χ2n) is 3.03. The van der Waals surface area contributed by atoms with Crippen molar-refractivity contribution in [3.8, 4) is 5.75 Å². The van der Waals surface area contributed by atoms with Crippen molar-refractivity contribution in [1.82, 2.24) is 0 Å². The molecule has 3 N–H and O–H groups in total. The van der Waals surface area contributed by atoms with E-state index in [2.05, 4.69) is 0 Å². The number of carbonyl (C=O) groups is 1. The number of halogens is 2. The maximum atomic E-state index is 13.3. The fourth-order valence-electron chi connectivity index (χ4n) is 1.22. The van der Waals surface area contributed by atoms with Crippen molar-refractivity contribution in [1.29, 1.82) is 0 Å². The SMILES string of the molecule is CCOc1c(C(N)C(=O)O)ccc(F)c1F. The summed E-state index contributed by atoms with van der Waals surface area (Å²) in [6, 6.07) is 0.467. The third-order valence-electron chi connectivity index (χ3n) is 1.97. The average Bonchev–Trinajstić information content (AvgIpc) is 2.24. The van der Waals surface area contributed by atoms with Crippen LogP contribution in [0, 0.1) is 11.6 Å². The topological polar surface area (TPSA) is 72.5 Å². The van der Waals surface area contributed by atoms with Gasteiger partial charge >= 0.3 is 5.97 Å². The van der Waals surface area contributed by atoms with Gasteiger partial charge in [-0.2, -0.15) is 4.39 Å². The minimum Gasteiger partial charge on any atom is -0.490 e. The molecule has 4 nitrogen and oxygen atoms in total. The zero-order valence-corrected chi connectivity index (χ0v) is 8.54. The molecule has 0 aliphatic carbocycles. The minimum absolute atomic E-state index is 0.0830. The number of nitrogens with two attached hydrogens (primary N) is 1. The molecule has 0 aliphatic heterocycles. The van der Waals surface area contributed by atoms with E-state index in [1.807, 2.05) is 0 Å². The van der Waals surface area contributed by atoms with Crippen molar-refractivity contribution in [3.63, 3.8) is 0 Å². The van der Waals surface area contributed by atoms with E-state index in [0.29, 0.717) is 0 Å². The van der Waals surface area contributed by atoms with Crippen LogP contribution >= 0.6 is 0 Å². The largest absolute Gasteiger partial charge is 0.490 e. The molecule has 0 bridgehead atoms. The molecule has 88 valence electrons. The van der Waals surface area contributed by atoms with Crippen LogP contribution in [0.3, 0.4) is 0 Å². The highest BCUT2D eigenvalue weighted by atomic mass is 19.2. The Morgan fingerprint density at radius 2 is 2.19 bits per heavy atom. The Morgan fingerprint density at radius 3 is 2.69 bits per heavy atom. The molecule has 1 aromatic carbocycles. The number of benzene rings is 1. The summed E-state index contributed by atoms with van der Waals surface area (Å²) < 4.78 is 31.1. The highest BCUT2D eigenvalue weighted by Gasteiger charge is 2.23. The molecule has 0 amide bonds. The quantitative estimate of drug-likeness (QED) is 0.822. The molecule has 1 unspecified atom stereocenters. The molecule has 6 heteroatoms. The first-order valence-electron chi connectivity index (χ1n) is 4.58. The summed E-state index contributed by atoms with van der Waals surface area (Å²) in [6.07, 6.45) is 0. The van der Waals surface area contributed by atoms with E-state index in [9.17, 15) is 13.6 Å². The summed E-state index contributed by atoms with van der Waals surface area (Å²) in [7, 11) is 0. The van der Waals surface area contributed by atoms with Crippen LogP contribution in [0.5, 0.6) is 5.75 Å². The first kappa shape index (κ1) is 12.4. The number of hydrogen-bond donors (Lipinski definition) is 2. The number of ether oxygens (including phenoxy) is 1. The van der Waals surface area contributed by atoms with Crippen LogP contribution in [0.1, 0.15) is 18.5 Å². The Bertz CT molecular complexity index is 409. The summed E-state index contributed by atoms with van der Waals surface area (Å²) in [4.78, 5) is 10.7. The predicted octanol–water partition coefficient (Wildman–Crippen LogP) is 1.45. The zero-order valence-electron chi connectivity index (χ0n) is 8.54. The van der Waals surface area contributed by atoms with Gasteiger partial charge in [0.15, 0.2) is 11.6 Å².